The highest BCUT2D eigenvalue weighted by atomic mass is 16.6. The van der Waals surface area contributed by atoms with Crippen LogP contribution in [-0.2, 0) is 23.9 Å². The maximum Gasteiger partial charge on any atom is 0.408 e. The van der Waals surface area contributed by atoms with E-state index < -0.39 is 47.4 Å². The van der Waals surface area contributed by atoms with Crippen LogP contribution in [0, 0.1) is 5.92 Å². The van der Waals surface area contributed by atoms with E-state index in [0.717, 1.165) is 32.1 Å². The molecule has 3 atom stereocenters. The fraction of sp³-hybridized carbons (Fsp3) is 0.750. The highest BCUT2D eigenvalue weighted by molar-refractivity contribution is 6.37. The number of hydrogen-bond donors (Lipinski definition) is 3. The summed E-state index contributed by atoms with van der Waals surface area (Å²) in [4.78, 5) is 64.5. The van der Waals surface area contributed by atoms with Crippen LogP contribution in [0.25, 0.3) is 0 Å². The van der Waals surface area contributed by atoms with E-state index in [-0.39, 0.29) is 18.2 Å². The van der Waals surface area contributed by atoms with Crippen molar-refractivity contribution in [1.82, 2.24) is 15.5 Å². The Balaban J connectivity index is 0.00000229. The number of hydrogen-bond acceptors (Lipinski definition) is 6. The molecule has 0 spiro atoms. The lowest BCUT2D eigenvalue weighted by atomic mass is 9.83. The Morgan fingerprint density at radius 1 is 1.00 bits per heavy atom. The maximum absolute atomic E-state index is 13.7. The normalized spacial score (nSPS) is 19.3. The van der Waals surface area contributed by atoms with Gasteiger partial charge in [-0.3, -0.25) is 19.2 Å². The van der Waals surface area contributed by atoms with E-state index in [4.69, 9.17) is 10.5 Å². The zero-order valence-electron chi connectivity index (χ0n) is 24.1. The highest BCUT2D eigenvalue weighted by Crippen LogP contribution is 2.29. The molecule has 1 saturated carbocycles. The smallest absolute Gasteiger partial charge is 0.408 e. The van der Waals surface area contributed by atoms with Gasteiger partial charge < -0.3 is 26.0 Å². The van der Waals surface area contributed by atoms with Crippen molar-refractivity contribution in [3.05, 3.63) is 12.2 Å². The minimum absolute atomic E-state index is 0.0549. The van der Waals surface area contributed by atoms with Gasteiger partial charge in [-0.15, -0.1) is 6.58 Å². The summed E-state index contributed by atoms with van der Waals surface area (Å²) in [7, 11) is 0. The van der Waals surface area contributed by atoms with Crippen LogP contribution >= 0.6 is 0 Å². The van der Waals surface area contributed by atoms with Gasteiger partial charge in [0.1, 0.15) is 23.7 Å². The molecule has 0 bridgehead atoms. The molecule has 4 N–H and O–H groups in total. The second-order valence-corrected chi connectivity index (χ2v) is 11.4. The molecule has 1 aliphatic carbocycles. The standard InChI is InChI=1S/C25H40N4O6.C3H8/c1-15(2)14-17(20(30)21(26)31)27-22(32)18-12-9-13-29(18)23(33)19(16-10-7-6-8-11-16)28-24(34)35-25(3,4)5;1-3-2/h16-19H,1,6-14H2,2-5H3,(H2,26,31)(H,27,32)(H,28,34);3H2,1-2H3/t17?,18-,19-;/m0./s1. The number of nitrogens with two attached hydrogens (primary N) is 1. The van der Waals surface area contributed by atoms with Crippen molar-refractivity contribution in [3.63, 3.8) is 0 Å². The van der Waals surface area contributed by atoms with Crippen molar-refractivity contribution in [2.24, 2.45) is 11.7 Å². The number of carbonyl (C=O) groups excluding carboxylic acids is 5. The van der Waals surface area contributed by atoms with E-state index in [1.54, 1.807) is 27.7 Å². The summed E-state index contributed by atoms with van der Waals surface area (Å²) in [6.45, 7) is 15.3. The number of rotatable bonds is 9. The van der Waals surface area contributed by atoms with Crippen LogP contribution in [0.2, 0.25) is 0 Å². The largest absolute Gasteiger partial charge is 0.444 e. The molecule has 2 aliphatic rings. The average Bonchev–Trinajstić information content (AvgIpc) is 3.31. The lowest BCUT2D eigenvalue weighted by Crippen LogP contribution is -2.58. The second-order valence-electron chi connectivity index (χ2n) is 11.4. The van der Waals surface area contributed by atoms with E-state index in [2.05, 4.69) is 31.1 Å². The van der Waals surface area contributed by atoms with E-state index in [0.29, 0.717) is 25.0 Å². The predicted octanol–water partition coefficient (Wildman–Crippen LogP) is 3.37. The van der Waals surface area contributed by atoms with Crippen molar-refractivity contribution in [2.45, 2.75) is 123 Å². The Kier molecular flexibility index (Phi) is 13.5. The molecule has 10 heteroatoms. The van der Waals surface area contributed by atoms with Gasteiger partial charge in [0.05, 0.1) is 0 Å². The van der Waals surface area contributed by atoms with Crippen molar-refractivity contribution in [2.75, 3.05) is 6.54 Å². The summed E-state index contributed by atoms with van der Waals surface area (Å²) >= 11 is 0. The molecular formula is C28H48N4O6. The molecule has 1 heterocycles. The maximum atomic E-state index is 13.7. The molecule has 38 heavy (non-hydrogen) atoms. The lowest BCUT2D eigenvalue weighted by Gasteiger charge is -2.35. The van der Waals surface area contributed by atoms with Crippen LogP contribution in [0.4, 0.5) is 4.79 Å². The Morgan fingerprint density at radius 2 is 1.58 bits per heavy atom. The third-order valence-electron chi connectivity index (χ3n) is 6.33. The van der Waals surface area contributed by atoms with Crippen molar-refractivity contribution >= 4 is 29.6 Å². The predicted molar refractivity (Wildman–Crippen MR) is 146 cm³/mol. The number of Topliss-reactive ketones (excluding diaryl/α,β-unsaturated/α-hetero) is 1. The SMILES string of the molecule is C=C(C)CC(NC(=O)[C@@H]1CCCN1C(=O)[C@@H](NC(=O)OC(C)(C)C)C1CCCCC1)C(=O)C(N)=O.CCC. The number of ketones is 1. The van der Waals surface area contributed by atoms with Crippen LogP contribution in [-0.4, -0.2) is 64.8 Å². The minimum Gasteiger partial charge on any atom is -0.444 e. The molecule has 10 nitrogen and oxygen atoms in total. The number of ether oxygens (including phenoxy) is 1. The molecule has 0 aromatic heterocycles. The first-order valence-electron chi connectivity index (χ1n) is 13.8. The van der Waals surface area contributed by atoms with E-state index >= 15 is 0 Å². The van der Waals surface area contributed by atoms with Gasteiger partial charge in [0, 0.05) is 6.54 Å². The van der Waals surface area contributed by atoms with Gasteiger partial charge >= 0.3 is 6.09 Å². The number of nitrogens with zero attached hydrogens (tertiary/aromatic N) is 1. The zero-order valence-corrected chi connectivity index (χ0v) is 24.1. The van der Waals surface area contributed by atoms with E-state index in [1.807, 2.05) is 0 Å². The summed E-state index contributed by atoms with van der Waals surface area (Å²) in [5.74, 6) is -2.98. The van der Waals surface area contributed by atoms with Gasteiger partial charge in [-0.1, -0.05) is 45.1 Å². The number of alkyl carbamates (subject to hydrolysis) is 1. The monoisotopic (exact) mass is 536 g/mol. The molecule has 0 radical (unpaired) electrons. The first kappa shape index (κ1) is 33.1. The summed E-state index contributed by atoms with van der Waals surface area (Å²) in [6, 6.07) is -2.76. The molecule has 0 aromatic carbocycles. The van der Waals surface area contributed by atoms with Crippen molar-refractivity contribution in [3.8, 4) is 0 Å². The quantitative estimate of drug-likeness (QED) is 0.304. The Bertz CT molecular complexity index is 860. The number of likely N-dealkylation sites (tertiary alicyclic amines) is 1. The second kappa shape index (κ2) is 15.5. The number of amides is 4. The summed E-state index contributed by atoms with van der Waals surface area (Å²) in [5, 5.41) is 5.36. The first-order chi connectivity index (χ1) is 17.7. The average molecular weight is 537 g/mol. The van der Waals surface area contributed by atoms with E-state index in [1.165, 1.54) is 11.3 Å². The fourth-order valence-electron chi connectivity index (χ4n) is 4.76. The van der Waals surface area contributed by atoms with Crippen LogP contribution in [0.5, 0.6) is 0 Å². The van der Waals surface area contributed by atoms with Gasteiger partial charge in [-0.05, 0) is 65.7 Å². The highest BCUT2D eigenvalue weighted by Gasteiger charge is 2.42. The number of carbonyl (C=O) groups is 5. The zero-order chi connectivity index (χ0) is 29.0. The molecule has 216 valence electrons. The third-order valence-corrected chi connectivity index (χ3v) is 6.33. The van der Waals surface area contributed by atoms with Crippen LogP contribution in [0.15, 0.2) is 12.2 Å². The minimum atomic E-state index is -1.14. The van der Waals surface area contributed by atoms with Crippen LogP contribution in [0.3, 0.4) is 0 Å². The van der Waals surface area contributed by atoms with Crippen LogP contribution < -0.4 is 16.4 Å². The molecule has 1 aliphatic heterocycles. The topological polar surface area (TPSA) is 148 Å². The van der Waals surface area contributed by atoms with Gasteiger partial charge in [0.25, 0.3) is 5.91 Å². The van der Waals surface area contributed by atoms with Gasteiger partial charge in [0.15, 0.2) is 0 Å². The van der Waals surface area contributed by atoms with Crippen molar-refractivity contribution in [1.29, 1.82) is 0 Å². The molecule has 2 rings (SSSR count). The first-order valence-corrected chi connectivity index (χ1v) is 13.8. The molecule has 1 unspecified atom stereocenters. The fourth-order valence-corrected chi connectivity index (χ4v) is 4.76. The van der Waals surface area contributed by atoms with Gasteiger partial charge in [-0.2, -0.15) is 0 Å². The van der Waals surface area contributed by atoms with Crippen LogP contribution in [0.1, 0.15) is 99.3 Å². The van der Waals surface area contributed by atoms with Gasteiger partial charge in [0.2, 0.25) is 17.6 Å². The Hall–Kier alpha value is -2.91. The molecule has 4 amide bonds. The molecule has 2 fully saturated rings. The summed E-state index contributed by atoms with van der Waals surface area (Å²) in [5.41, 5.74) is 5.03. The number of nitrogens with one attached hydrogen (secondary N) is 2. The Labute approximate surface area is 227 Å². The molecule has 0 aromatic rings. The number of primary amides is 1. The molecule has 1 saturated heterocycles. The van der Waals surface area contributed by atoms with Crippen molar-refractivity contribution < 1.29 is 28.7 Å². The van der Waals surface area contributed by atoms with Gasteiger partial charge in [-0.25, -0.2) is 4.79 Å². The molecular weight excluding hydrogens is 488 g/mol. The summed E-state index contributed by atoms with van der Waals surface area (Å²) in [6.07, 6.45) is 6.26. The Morgan fingerprint density at radius 3 is 2.08 bits per heavy atom. The lowest BCUT2D eigenvalue weighted by molar-refractivity contribution is -0.143. The summed E-state index contributed by atoms with van der Waals surface area (Å²) < 4.78 is 5.39. The van der Waals surface area contributed by atoms with E-state index in [9.17, 15) is 24.0 Å². The third kappa shape index (κ3) is 10.8.